The zero-order valence-corrected chi connectivity index (χ0v) is 12.1. The fourth-order valence-electron chi connectivity index (χ4n) is 2.22. The lowest BCUT2D eigenvalue weighted by molar-refractivity contribution is 0.319. The minimum Gasteiger partial charge on any atom is -0.423 e. The van der Waals surface area contributed by atoms with E-state index in [1.807, 2.05) is 43.4 Å². The van der Waals surface area contributed by atoms with Gasteiger partial charge in [-0.15, -0.1) is 0 Å². The van der Waals surface area contributed by atoms with E-state index in [4.69, 9.17) is 11.6 Å². The normalized spacial score (nSPS) is 10.8. The molecule has 0 atom stereocenters. The Hall–Kier alpha value is -1.33. The van der Waals surface area contributed by atoms with Gasteiger partial charge in [-0.1, -0.05) is 48.0 Å². The Balaban J connectivity index is 2.06. The van der Waals surface area contributed by atoms with Crippen LogP contribution in [0.4, 0.5) is 0 Å². The number of rotatable bonds is 5. The molecule has 0 amide bonds. The standard InChI is InChI=1S/C15H17BClNO2/c1-18(10-12-5-4-7-14(17)9-12)11-13-6-2-3-8-15(13)16(19)20/h2-9,19-20H,10-11H2,1H3. The zero-order valence-electron chi connectivity index (χ0n) is 11.3. The van der Waals surface area contributed by atoms with Gasteiger partial charge < -0.3 is 10.0 Å². The van der Waals surface area contributed by atoms with Crippen molar-refractivity contribution in [1.29, 1.82) is 0 Å². The van der Waals surface area contributed by atoms with Crippen molar-refractivity contribution in [2.24, 2.45) is 0 Å². The Morgan fingerprint density at radius 3 is 2.50 bits per heavy atom. The van der Waals surface area contributed by atoms with E-state index < -0.39 is 7.12 Å². The third-order valence-corrected chi connectivity index (χ3v) is 3.35. The van der Waals surface area contributed by atoms with Gasteiger partial charge in [-0.3, -0.25) is 4.90 Å². The van der Waals surface area contributed by atoms with Crippen molar-refractivity contribution >= 4 is 24.2 Å². The minimum absolute atomic E-state index is 0.547. The molecule has 0 unspecified atom stereocenters. The molecule has 3 nitrogen and oxygen atoms in total. The first kappa shape index (κ1) is 15.1. The van der Waals surface area contributed by atoms with Gasteiger partial charge in [0.25, 0.3) is 0 Å². The van der Waals surface area contributed by atoms with Crippen LogP contribution in [-0.2, 0) is 13.1 Å². The Kier molecular flexibility index (Phi) is 5.20. The van der Waals surface area contributed by atoms with Crippen LogP contribution in [0.5, 0.6) is 0 Å². The fourth-order valence-corrected chi connectivity index (χ4v) is 2.44. The maximum absolute atomic E-state index is 9.36. The largest absolute Gasteiger partial charge is 0.488 e. The predicted octanol–water partition coefficient (Wildman–Crippen LogP) is 1.65. The smallest absolute Gasteiger partial charge is 0.423 e. The highest BCUT2D eigenvalue weighted by Gasteiger charge is 2.16. The first-order chi connectivity index (χ1) is 9.56. The van der Waals surface area contributed by atoms with Crippen molar-refractivity contribution in [2.45, 2.75) is 13.1 Å². The van der Waals surface area contributed by atoms with E-state index >= 15 is 0 Å². The summed E-state index contributed by atoms with van der Waals surface area (Å²) < 4.78 is 0. The SMILES string of the molecule is CN(Cc1cccc(Cl)c1)Cc1ccccc1B(O)O. The average Bonchev–Trinajstić information content (AvgIpc) is 2.38. The summed E-state index contributed by atoms with van der Waals surface area (Å²) in [4.78, 5) is 2.10. The van der Waals surface area contributed by atoms with Crippen LogP contribution in [-0.4, -0.2) is 29.1 Å². The molecular formula is C15H17BClNO2. The van der Waals surface area contributed by atoms with Crippen molar-refractivity contribution in [3.05, 3.63) is 64.7 Å². The van der Waals surface area contributed by atoms with Crippen LogP contribution < -0.4 is 5.46 Å². The minimum atomic E-state index is -1.44. The molecule has 0 aliphatic rings. The van der Waals surface area contributed by atoms with E-state index in [0.29, 0.717) is 12.0 Å². The predicted molar refractivity (Wildman–Crippen MR) is 82.9 cm³/mol. The quantitative estimate of drug-likeness (QED) is 0.823. The van der Waals surface area contributed by atoms with Gasteiger partial charge in [-0.25, -0.2) is 0 Å². The van der Waals surface area contributed by atoms with Crippen LogP contribution in [0, 0.1) is 0 Å². The van der Waals surface area contributed by atoms with Crippen LogP contribution in [0.25, 0.3) is 0 Å². The highest BCUT2D eigenvalue weighted by molar-refractivity contribution is 6.59. The third-order valence-electron chi connectivity index (χ3n) is 3.12. The number of hydrogen-bond donors (Lipinski definition) is 2. The Bertz CT molecular complexity index is 577. The zero-order chi connectivity index (χ0) is 14.5. The van der Waals surface area contributed by atoms with Crippen LogP contribution in [0.15, 0.2) is 48.5 Å². The lowest BCUT2D eigenvalue weighted by atomic mass is 9.77. The summed E-state index contributed by atoms with van der Waals surface area (Å²) >= 11 is 5.97. The van der Waals surface area contributed by atoms with Crippen LogP contribution in [0.3, 0.4) is 0 Å². The summed E-state index contributed by atoms with van der Waals surface area (Å²) in [6.45, 7) is 1.39. The molecule has 0 spiro atoms. The molecule has 104 valence electrons. The molecule has 0 aliphatic carbocycles. The molecule has 2 aromatic carbocycles. The van der Waals surface area contributed by atoms with Gasteiger partial charge in [0, 0.05) is 18.1 Å². The molecule has 5 heteroatoms. The molecule has 0 radical (unpaired) electrons. The molecule has 0 fully saturated rings. The van der Waals surface area contributed by atoms with E-state index in [1.165, 1.54) is 0 Å². The second kappa shape index (κ2) is 6.91. The summed E-state index contributed by atoms with van der Waals surface area (Å²) in [5, 5.41) is 19.5. The van der Waals surface area contributed by atoms with Gasteiger partial charge in [0.1, 0.15) is 0 Å². The molecule has 0 aromatic heterocycles. The molecule has 0 heterocycles. The van der Waals surface area contributed by atoms with Gasteiger partial charge >= 0.3 is 7.12 Å². The molecule has 0 aliphatic heterocycles. The number of hydrogen-bond acceptors (Lipinski definition) is 3. The highest BCUT2D eigenvalue weighted by atomic mass is 35.5. The van der Waals surface area contributed by atoms with Crippen molar-refractivity contribution in [1.82, 2.24) is 4.90 Å². The molecule has 0 saturated carbocycles. The van der Waals surface area contributed by atoms with Crippen molar-refractivity contribution < 1.29 is 10.0 Å². The van der Waals surface area contributed by atoms with E-state index in [9.17, 15) is 10.0 Å². The van der Waals surface area contributed by atoms with E-state index in [1.54, 1.807) is 12.1 Å². The van der Waals surface area contributed by atoms with E-state index in [-0.39, 0.29) is 0 Å². The first-order valence-corrected chi connectivity index (χ1v) is 6.81. The monoisotopic (exact) mass is 289 g/mol. The number of benzene rings is 2. The topological polar surface area (TPSA) is 43.7 Å². The van der Waals surface area contributed by atoms with Crippen molar-refractivity contribution in [2.75, 3.05) is 7.05 Å². The van der Waals surface area contributed by atoms with Crippen LogP contribution >= 0.6 is 11.6 Å². The molecule has 0 bridgehead atoms. The first-order valence-electron chi connectivity index (χ1n) is 6.43. The fraction of sp³-hybridized carbons (Fsp3) is 0.200. The lowest BCUT2D eigenvalue weighted by Crippen LogP contribution is -2.34. The van der Waals surface area contributed by atoms with Crippen molar-refractivity contribution in [3.8, 4) is 0 Å². The Morgan fingerprint density at radius 2 is 1.80 bits per heavy atom. The van der Waals surface area contributed by atoms with Crippen molar-refractivity contribution in [3.63, 3.8) is 0 Å². The molecule has 2 aromatic rings. The maximum atomic E-state index is 9.36. The Morgan fingerprint density at radius 1 is 1.05 bits per heavy atom. The molecule has 2 N–H and O–H groups in total. The lowest BCUT2D eigenvalue weighted by Gasteiger charge is -2.19. The molecular weight excluding hydrogens is 272 g/mol. The second-order valence-electron chi connectivity index (χ2n) is 4.87. The third kappa shape index (κ3) is 4.08. The highest BCUT2D eigenvalue weighted by Crippen LogP contribution is 2.13. The van der Waals surface area contributed by atoms with Gasteiger partial charge in [0.15, 0.2) is 0 Å². The van der Waals surface area contributed by atoms with Gasteiger partial charge in [0.2, 0.25) is 0 Å². The summed E-state index contributed by atoms with van der Waals surface area (Å²) in [7, 11) is 0.548. The van der Waals surface area contributed by atoms with E-state index in [0.717, 1.165) is 22.7 Å². The van der Waals surface area contributed by atoms with Crippen LogP contribution in [0.1, 0.15) is 11.1 Å². The van der Waals surface area contributed by atoms with E-state index in [2.05, 4.69) is 4.90 Å². The number of nitrogens with zero attached hydrogens (tertiary/aromatic N) is 1. The van der Waals surface area contributed by atoms with Gasteiger partial charge in [-0.05, 0) is 35.8 Å². The average molecular weight is 290 g/mol. The summed E-state index contributed by atoms with van der Waals surface area (Å²) in [5.41, 5.74) is 2.58. The summed E-state index contributed by atoms with van der Waals surface area (Å²) in [6.07, 6.45) is 0. The summed E-state index contributed by atoms with van der Waals surface area (Å²) in [5.74, 6) is 0. The second-order valence-corrected chi connectivity index (χ2v) is 5.31. The van der Waals surface area contributed by atoms with Gasteiger partial charge in [0.05, 0.1) is 0 Å². The number of halogens is 1. The van der Waals surface area contributed by atoms with Crippen LogP contribution in [0.2, 0.25) is 5.02 Å². The summed E-state index contributed by atoms with van der Waals surface area (Å²) in [6, 6.07) is 15.1. The molecule has 0 saturated heterocycles. The molecule has 2 rings (SSSR count). The van der Waals surface area contributed by atoms with Gasteiger partial charge in [-0.2, -0.15) is 0 Å². The molecule has 20 heavy (non-hydrogen) atoms. The Labute approximate surface area is 124 Å². The maximum Gasteiger partial charge on any atom is 0.488 e.